The van der Waals surface area contributed by atoms with Gasteiger partial charge in [-0.3, -0.25) is 4.79 Å². The van der Waals surface area contributed by atoms with Crippen LogP contribution in [0.1, 0.15) is 23.5 Å². The summed E-state index contributed by atoms with van der Waals surface area (Å²) in [6.07, 6.45) is -0.893. The van der Waals surface area contributed by atoms with Crippen LogP contribution in [0.3, 0.4) is 0 Å². The molecule has 28 heavy (non-hydrogen) atoms. The van der Waals surface area contributed by atoms with Crippen molar-refractivity contribution >= 4 is 21.9 Å². The maximum absolute atomic E-state index is 12.2. The molecule has 2 atom stereocenters. The third-order valence-electron chi connectivity index (χ3n) is 5.31. The summed E-state index contributed by atoms with van der Waals surface area (Å²) in [5, 5.41) is 10.0. The van der Waals surface area contributed by atoms with Crippen molar-refractivity contribution in [2.45, 2.75) is 23.6 Å². The zero-order chi connectivity index (χ0) is 19.9. The van der Waals surface area contributed by atoms with Crippen molar-refractivity contribution < 1.29 is 27.9 Å². The number of ether oxygens (including phenoxy) is 1. The minimum atomic E-state index is -3.76. The average Bonchev–Trinajstić information content (AvgIpc) is 3.14. The Morgan fingerprint density at radius 2 is 1.61 bits per heavy atom. The third kappa shape index (κ3) is 3.24. The lowest BCUT2D eigenvalue weighted by Gasteiger charge is -2.16. The molecule has 2 aliphatic rings. The zero-order valence-electron chi connectivity index (χ0n) is 14.9. The van der Waals surface area contributed by atoms with Crippen LogP contribution in [0.2, 0.25) is 0 Å². The van der Waals surface area contributed by atoms with Crippen molar-refractivity contribution in [2.75, 3.05) is 12.4 Å². The van der Waals surface area contributed by atoms with Gasteiger partial charge in [-0.15, -0.1) is 0 Å². The molecular weight excluding hydrogens is 382 g/mol. The molecule has 0 bridgehead atoms. The van der Waals surface area contributed by atoms with E-state index < -0.39 is 38.9 Å². The molecule has 1 amide bonds. The fourth-order valence-corrected chi connectivity index (χ4v) is 5.88. The first-order valence-electron chi connectivity index (χ1n) is 8.92. The first-order valence-corrected chi connectivity index (χ1v) is 10.6. The number of rotatable bonds is 4. The lowest BCUT2D eigenvalue weighted by atomic mass is 9.98. The third-order valence-corrected chi connectivity index (χ3v) is 7.43. The Morgan fingerprint density at radius 3 is 2.14 bits per heavy atom. The second-order valence-corrected chi connectivity index (χ2v) is 9.29. The van der Waals surface area contributed by atoms with Crippen LogP contribution >= 0.6 is 0 Å². The van der Waals surface area contributed by atoms with Gasteiger partial charge in [-0.2, -0.15) is 0 Å². The van der Waals surface area contributed by atoms with Crippen LogP contribution in [0.5, 0.6) is 0 Å². The van der Waals surface area contributed by atoms with Crippen molar-refractivity contribution in [3.63, 3.8) is 0 Å². The Hall–Kier alpha value is -2.87. The van der Waals surface area contributed by atoms with E-state index in [2.05, 4.69) is 5.32 Å². The second-order valence-electron chi connectivity index (χ2n) is 7.06. The second kappa shape index (κ2) is 6.94. The van der Waals surface area contributed by atoms with Crippen molar-refractivity contribution in [1.82, 2.24) is 5.32 Å². The molecule has 1 aliphatic heterocycles. The number of aliphatic carboxylic acids is 1. The van der Waals surface area contributed by atoms with Crippen LogP contribution in [-0.4, -0.2) is 49.2 Å². The van der Waals surface area contributed by atoms with Gasteiger partial charge in [0.05, 0.1) is 5.75 Å². The summed E-state index contributed by atoms with van der Waals surface area (Å²) in [5.41, 5.74) is 4.37. The van der Waals surface area contributed by atoms with E-state index in [1.807, 2.05) is 48.5 Å². The Balaban J connectivity index is 1.43. The van der Waals surface area contributed by atoms with Crippen LogP contribution in [0.4, 0.5) is 4.79 Å². The number of carbonyl (C=O) groups is 2. The van der Waals surface area contributed by atoms with Gasteiger partial charge >= 0.3 is 12.1 Å². The molecular formula is C20H19NO6S. The monoisotopic (exact) mass is 401 g/mol. The number of carboxylic acid groups (broad SMARTS) is 1. The summed E-state index contributed by atoms with van der Waals surface area (Å²) in [7, 11) is -3.76. The van der Waals surface area contributed by atoms with Crippen molar-refractivity contribution in [3.8, 4) is 11.1 Å². The van der Waals surface area contributed by atoms with Crippen molar-refractivity contribution in [3.05, 3.63) is 59.7 Å². The van der Waals surface area contributed by atoms with E-state index in [-0.39, 0.29) is 18.9 Å². The van der Waals surface area contributed by atoms with Gasteiger partial charge in [-0.05, 0) is 28.7 Å². The Morgan fingerprint density at radius 1 is 1.04 bits per heavy atom. The highest BCUT2D eigenvalue weighted by molar-refractivity contribution is 7.93. The topological polar surface area (TPSA) is 110 Å². The largest absolute Gasteiger partial charge is 0.480 e. The normalized spacial score (nSPS) is 22.3. The van der Waals surface area contributed by atoms with Crippen LogP contribution in [-0.2, 0) is 19.4 Å². The molecule has 1 aliphatic carbocycles. The molecule has 0 radical (unpaired) electrons. The zero-order valence-corrected chi connectivity index (χ0v) is 15.7. The number of nitrogens with one attached hydrogen (secondary N) is 1. The lowest BCUT2D eigenvalue weighted by Crippen LogP contribution is -2.36. The van der Waals surface area contributed by atoms with Crippen LogP contribution in [0, 0.1) is 0 Å². The molecule has 0 saturated carbocycles. The molecule has 2 aromatic rings. The van der Waals surface area contributed by atoms with E-state index in [1.54, 1.807) is 0 Å². The molecule has 0 aromatic heterocycles. The van der Waals surface area contributed by atoms with E-state index in [0.29, 0.717) is 0 Å². The lowest BCUT2D eigenvalue weighted by molar-refractivity contribution is -0.136. The number of alkyl carbamates (subject to hydrolysis) is 1. The molecule has 1 fully saturated rings. The predicted octanol–water partition coefficient (Wildman–Crippen LogP) is 2.17. The molecule has 7 nitrogen and oxygen atoms in total. The summed E-state index contributed by atoms with van der Waals surface area (Å²) in [5.74, 6) is -1.89. The van der Waals surface area contributed by atoms with Gasteiger partial charge in [0.1, 0.15) is 6.61 Å². The van der Waals surface area contributed by atoms with Gasteiger partial charge in [0.2, 0.25) is 0 Å². The summed E-state index contributed by atoms with van der Waals surface area (Å²) in [4.78, 5) is 23.3. The molecule has 4 rings (SSSR count). The van der Waals surface area contributed by atoms with E-state index >= 15 is 0 Å². The Bertz CT molecular complexity index is 1000. The van der Waals surface area contributed by atoms with Gasteiger partial charge in [0, 0.05) is 12.0 Å². The molecule has 2 N–H and O–H groups in total. The van der Waals surface area contributed by atoms with Crippen molar-refractivity contribution in [1.29, 1.82) is 0 Å². The molecule has 146 valence electrons. The summed E-state index contributed by atoms with van der Waals surface area (Å²) >= 11 is 0. The minimum absolute atomic E-state index is 0.0998. The van der Waals surface area contributed by atoms with Gasteiger partial charge < -0.3 is 15.2 Å². The summed E-state index contributed by atoms with van der Waals surface area (Å²) in [6, 6.07) is 15.1. The maximum Gasteiger partial charge on any atom is 0.407 e. The summed E-state index contributed by atoms with van der Waals surface area (Å²) < 4.78 is 29.1. The summed E-state index contributed by atoms with van der Waals surface area (Å²) in [6.45, 7) is 0.113. The molecule has 2 aromatic carbocycles. The quantitative estimate of drug-likeness (QED) is 0.813. The van der Waals surface area contributed by atoms with Gasteiger partial charge in [-0.1, -0.05) is 48.5 Å². The molecule has 1 saturated heterocycles. The first-order chi connectivity index (χ1) is 13.4. The van der Waals surface area contributed by atoms with Crippen LogP contribution < -0.4 is 5.32 Å². The van der Waals surface area contributed by atoms with E-state index in [4.69, 9.17) is 9.84 Å². The van der Waals surface area contributed by atoms with E-state index in [0.717, 1.165) is 22.3 Å². The molecule has 2 unspecified atom stereocenters. The highest BCUT2D eigenvalue weighted by Crippen LogP contribution is 2.44. The first kappa shape index (κ1) is 18.5. The smallest absolute Gasteiger partial charge is 0.407 e. The standard InChI is InChI=1S/C20H19NO6S/c22-19(23)18-9-12(11-28(18,25)26)21-20(24)27-10-17-15-7-3-1-5-13(15)14-6-2-4-8-16(14)17/h1-8,12,17-18H,9-11H2,(H,21,24)(H,22,23). The molecule has 8 heteroatoms. The number of hydrogen-bond donors (Lipinski definition) is 2. The number of fused-ring (bicyclic) bond motifs is 3. The number of carboxylic acids is 1. The van der Waals surface area contributed by atoms with Gasteiger partial charge in [0.25, 0.3) is 0 Å². The predicted molar refractivity (Wildman–Crippen MR) is 102 cm³/mol. The van der Waals surface area contributed by atoms with Gasteiger partial charge in [0.15, 0.2) is 15.1 Å². The minimum Gasteiger partial charge on any atom is -0.480 e. The SMILES string of the molecule is O=C(NC1CC(C(=O)O)S(=O)(=O)C1)OCC1c2ccccc2-c2ccccc21. The fourth-order valence-electron chi connectivity index (χ4n) is 4.03. The van der Waals surface area contributed by atoms with Crippen LogP contribution in [0.15, 0.2) is 48.5 Å². The number of carbonyl (C=O) groups excluding carboxylic acids is 1. The maximum atomic E-state index is 12.2. The van der Waals surface area contributed by atoms with Crippen molar-refractivity contribution in [2.24, 2.45) is 0 Å². The highest BCUT2D eigenvalue weighted by Gasteiger charge is 2.44. The Labute approximate surface area is 162 Å². The number of sulfone groups is 1. The molecule has 1 heterocycles. The number of hydrogen-bond acceptors (Lipinski definition) is 5. The van der Waals surface area contributed by atoms with E-state index in [9.17, 15) is 18.0 Å². The Kier molecular flexibility index (Phi) is 4.58. The van der Waals surface area contributed by atoms with Gasteiger partial charge in [-0.25, -0.2) is 13.2 Å². The number of benzene rings is 2. The van der Waals surface area contributed by atoms with Crippen LogP contribution in [0.25, 0.3) is 11.1 Å². The number of amides is 1. The molecule has 0 spiro atoms. The average molecular weight is 401 g/mol. The van der Waals surface area contributed by atoms with E-state index in [1.165, 1.54) is 0 Å². The fraction of sp³-hybridized carbons (Fsp3) is 0.300. The highest BCUT2D eigenvalue weighted by atomic mass is 32.2.